The van der Waals surface area contributed by atoms with Gasteiger partial charge in [0.15, 0.2) is 23.1 Å². The summed E-state index contributed by atoms with van der Waals surface area (Å²) in [4.78, 5) is 17.3. The molecule has 0 atom stereocenters. The normalized spacial score (nSPS) is 14.0. The molecule has 1 saturated heterocycles. The van der Waals surface area contributed by atoms with Crippen LogP contribution in [0.3, 0.4) is 0 Å². The minimum absolute atomic E-state index is 0.0596. The van der Waals surface area contributed by atoms with Crippen LogP contribution in [0.15, 0.2) is 76.9 Å². The molecule has 1 fully saturated rings. The minimum atomic E-state index is -4.19. The summed E-state index contributed by atoms with van der Waals surface area (Å²) >= 11 is 0. The summed E-state index contributed by atoms with van der Waals surface area (Å²) in [7, 11) is -2.67. The number of nitrogens with zero attached hydrogens (tertiary/aromatic N) is 3. The van der Waals surface area contributed by atoms with E-state index in [1.165, 1.54) is 49.7 Å². The van der Waals surface area contributed by atoms with Crippen molar-refractivity contribution in [1.82, 2.24) is 9.88 Å². The quantitative estimate of drug-likeness (QED) is 0.241. The Hall–Kier alpha value is -4.33. The van der Waals surface area contributed by atoms with E-state index >= 15 is 4.39 Å². The number of hydrogen-bond donors (Lipinski definition) is 1. The smallest absolute Gasteiger partial charge is 0.264 e. The zero-order valence-electron chi connectivity index (χ0n) is 22.1. The summed E-state index contributed by atoms with van der Waals surface area (Å²) < 4.78 is 65.6. The van der Waals surface area contributed by atoms with E-state index in [1.807, 2.05) is 0 Å². The van der Waals surface area contributed by atoms with Crippen LogP contribution in [0.2, 0.25) is 0 Å². The monoisotopic (exact) mass is 582 g/mol. The third-order valence-corrected chi connectivity index (χ3v) is 7.84. The van der Waals surface area contributed by atoms with Gasteiger partial charge in [-0.25, -0.2) is 12.8 Å². The third-order valence-electron chi connectivity index (χ3n) is 6.41. The molecule has 0 amide bonds. The number of rotatable bonds is 11. The molecule has 5 rings (SSSR count). The number of anilines is 1. The van der Waals surface area contributed by atoms with Crippen LogP contribution in [0.25, 0.3) is 10.9 Å². The summed E-state index contributed by atoms with van der Waals surface area (Å²) in [5, 5.41) is 3.30. The molecular formula is C28H27FN4O7S. The first kappa shape index (κ1) is 28.2. The highest BCUT2D eigenvalue weighted by atomic mass is 32.2. The van der Waals surface area contributed by atoms with Gasteiger partial charge in [-0.2, -0.15) is 0 Å². The lowest BCUT2D eigenvalue weighted by molar-refractivity contribution is 0.0321. The predicted octanol–water partition coefficient (Wildman–Crippen LogP) is 5.08. The lowest BCUT2D eigenvalue weighted by atomic mass is 10.1. The van der Waals surface area contributed by atoms with Crippen LogP contribution < -0.4 is 18.9 Å². The Morgan fingerprint density at radius 2 is 1.83 bits per heavy atom. The fourth-order valence-corrected chi connectivity index (χ4v) is 5.52. The second-order valence-corrected chi connectivity index (χ2v) is 10.7. The van der Waals surface area contributed by atoms with E-state index in [2.05, 4.69) is 19.8 Å². The van der Waals surface area contributed by atoms with Gasteiger partial charge in [0.2, 0.25) is 0 Å². The van der Waals surface area contributed by atoms with Gasteiger partial charge in [0.25, 0.3) is 10.0 Å². The van der Waals surface area contributed by atoms with Crippen molar-refractivity contribution >= 4 is 32.3 Å². The van der Waals surface area contributed by atoms with Gasteiger partial charge in [-0.1, -0.05) is 12.1 Å². The molecule has 0 unspecified atom stereocenters. The number of pyridine rings is 1. The molecule has 0 aliphatic carbocycles. The van der Waals surface area contributed by atoms with Gasteiger partial charge < -0.3 is 18.9 Å². The number of fused-ring (bicyclic) bond motifs is 1. The maximum Gasteiger partial charge on any atom is 0.264 e. The van der Waals surface area contributed by atoms with E-state index in [0.29, 0.717) is 48.0 Å². The van der Waals surface area contributed by atoms with Crippen molar-refractivity contribution in [2.45, 2.75) is 4.90 Å². The van der Waals surface area contributed by atoms with Crippen LogP contribution in [-0.2, 0) is 14.8 Å². The number of nitrogens with one attached hydrogen (secondary N) is 1. The van der Waals surface area contributed by atoms with Crippen LogP contribution in [0, 0.1) is 10.7 Å². The molecule has 4 aromatic rings. The number of hydrogen-bond acceptors (Lipinski definition) is 10. The Kier molecular flexibility index (Phi) is 8.57. The number of ether oxygens (including phenoxy) is 4. The SMILES string of the molecule is COc1cc2c(Oc3ccc(NS(=O)(=O)c4ccccc4N=O)cc3F)ccnc2cc1OCCN1CCOCC1. The Balaban J connectivity index is 1.33. The van der Waals surface area contributed by atoms with Gasteiger partial charge in [0.05, 0.1) is 31.5 Å². The first-order chi connectivity index (χ1) is 19.9. The molecule has 13 heteroatoms. The molecule has 11 nitrogen and oxygen atoms in total. The van der Waals surface area contributed by atoms with Crippen LogP contribution in [-0.4, -0.2) is 64.9 Å². The highest BCUT2D eigenvalue weighted by Crippen LogP contribution is 2.38. The molecule has 0 bridgehead atoms. The Morgan fingerprint density at radius 3 is 2.59 bits per heavy atom. The fraction of sp³-hybridized carbons (Fsp3) is 0.250. The van der Waals surface area contributed by atoms with Gasteiger partial charge in [0.1, 0.15) is 22.9 Å². The number of benzene rings is 3. The van der Waals surface area contributed by atoms with Crippen molar-refractivity contribution in [2.24, 2.45) is 5.18 Å². The number of aromatic nitrogens is 1. The van der Waals surface area contributed by atoms with E-state index < -0.39 is 15.8 Å². The molecule has 1 N–H and O–H groups in total. The Morgan fingerprint density at radius 1 is 1.02 bits per heavy atom. The molecule has 0 radical (unpaired) electrons. The van der Waals surface area contributed by atoms with Crippen molar-refractivity contribution in [3.05, 3.63) is 77.6 Å². The van der Waals surface area contributed by atoms with E-state index in [-0.39, 0.29) is 22.0 Å². The highest BCUT2D eigenvalue weighted by molar-refractivity contribution is 7.92. The molecular weight excluding hydrogens is 555 g/mol. The van der Waals surface area contributed by atoms with Crippen LogP contribution in [0.5, 0.6) is 23.0 Å². The lowest BCUT2D eigenvalue weighted by Gasteiger charge is -2.26. The summed E-state index contributed by atoms with van der Waals surface area (Å²) in [6, 6.07) is 14.1. The maximum absolute atomic E-state index is 15.1. The molecule has 1 aliphatic rings. The number of sulfonamides is 1. The van der Waals surface area contributed by atoms with E-state index in [0.717, 1.165) is 25.7 Å². The summed E-state index contributed by atoms with van der Waals surface area (Å²) in [6.07, 6.45) is 1.53. The first-order valence-corrected chi connectivity index (χ1v) is 14.2. The summed E-state index contributed by atoms with van der Waals surface area (Å²) in [6.45, 7) is 4.33. The van der Waals surface area contributed by atoms with Gasteiger partial charge in [-0.05, 0) is 41.6 Å². The summed E-state index contributed by atoms with van der Waals surface area (Å²) in [5.41, 5.74) is 0.235. The van der Waals surface area contributed by atoms with Crippen LogP contribution in [0.4, 0.5) is 15.8 Å². The topological polar surface area (TPSA) is 129 Å². The number of nitroso groups, excluding NO2 is 1. The molecule has 0 spiro atoms. The van der Waals surface area contributed by atoms with Crippen molar-refractivity contribution in [2.75, 3.05) is 51.3 Å². The Labute approximate surface area is 235 Å². The second kappa shape index (κ2) is 12.5. The average molecular weight is 583 g/mol. The zero-order chi connectivity index (χ0) is 28.8. The molecule has 1 aromatic heterocycles. The molecule has 41 heavy (non-hydrogen) atoms. The summed E-state index contributed by atoms with van der Waals surface area (Å²) in [5.74, 6) is 0.346. The van der Waals surface area contributed by atoms with E-state index in [9.17, 15) is 13.3 Å². The lowest BCUT2D eigenvalue weighted by Crippen LogP contribution is -2.38. The predicted molar refractivity (Wildman–Crippen MR) is 150 cm³/mol. The van der Waals surface area contributed by atoms with Gasteiger partial charge in [0, 0.05) is 43.4 Å². The minimum Gasteiger partial charge on any atom is -0.493 e. The second-order valence-electron chi connectivity index (χ2n) is 9.04. The zero-order valence-corrected chi connectivity index (χ0v) is 22.9. The average Bonchev–Trinajstić information content (AvgIpc) is 2.98. The molecule has 2 heterocycles. The number of morpholine rings is 1. The van der Waals surface area contributed by atoms with Crippen molar-refractivity contribution in [3.8, 4) is 23.0 Å². The number of methoxy groups -OCH3 is 1. The fourth-order valence-electron chi connectivity index (χ4n) is 4.33. The first-order valence-electron chi connectivity index (χ1n) is 12.7. The van der Waals surface area contributed by atoms with Crippen molar-refractivity contribution in [1.29, 1.82) is 0 Å². The molecule has 1 aliphatic heterocycles. The highest BCUT2D eigenvalue weighted by Gasteiger charge is 2.20. The standard InChI is InChI=1S/C28H27FN4O7S/c1-37-26-17-20-23(18-27(26)39-15-12-33-10-13-38-14-11-33)30-9-8-24(20)40-25-7-6-19(16-21(25)29)32-41(35,36)28-5-3-2-4-22(28)31-34/h2-9,16-18,32H,10-15H2,1H3. The van der Waals surface area contributed by atoms with Crippen LogP contribution >= 0.6 is 0 Å². The third kappa shape index (κ3) is 6.53. The van der Waals surface area contributed by atoms with Gasteiger partial charge in [-0.3, -0.25) is 14.6 Å². The van der Waals surface area contributed by atoms with Gasteiger partial charge in [-0.15, -0.1) is 4.91 Å². The van der Waals surface area contributed by atoms with E-state index in [1.54, 1.807) is 18.2 Å². The largest absolute Gasteiger partial charge is 0.493 e. The van der Waals surface area contributed by atoms with Crippen molar-refractivity contribution in [3.63, 3.8) is 0 Å². The van der Waals surface area contributed by atoms with Crippen molar-refractivity contribution < 1.29 is 31.8 Å². The van der Waals surface area contributed by atoms with Crippen LogP contribution in [0.1, 0.15) is 0 Å². The van der Waals surface area contributed by atoms with E-state index in [4.69, 9.17) is 18.9 Å². The molecule has 3 aromatic carbocycles. The number of halogens is 1. The molecule has 214 valence electrons. The van der Waals surface area contributed by atoms with Gasteiger partial charge >= 0.3 is 0 Å². The molecule has 0 saturated carbocycles. The maximum atomic E-state index is 15.1. The Bertz CT molecular complexity index is 1660.